The molecule has 7 heteroatoms. The normalized spacial score (nSPS) is 18.3. The summed E-state index contributed by atoms with van der Waals surface area (Å²) in [6, 6.07) is 17.5. The topological polar surface area (TPSA) is 93.5 Å². The zero-order valence-electron chi connectivity index (χ0n) is 17.3. The number of carbonyl (C=O) groups excluding carboxylic acids is 3. The van der Waals surface area contributed by atoms with Crippen molar-refractivity contribution in [2.24, 2.45) is 0 Å². The van der Waals surface area contributed by atoms with Crippen molar-refractivity contribution in [1.29, 1.82) is 5.26 Å². The number of anilines is 1. The van der Waals surface area contributed by atoms with Crippen LogP contribution < -0.4 is 10.2 Å². The standard InChI is InChI=1S/C23H24N4O3/c1-16(2)17-9-11-18(12-10-17)23(3)21(29)27(22(30)25-23)15-20(28)26(14-13-24)19-7-5-4-6-8-19/h4-12,16H,14-15H2,1-3H3,(H,25,30). The number of urea groups is 1. The van der Waals surface area contributed by atoms with Crippen LogP contribution in [0.25, 0.3) is 0 Å². The average Bonchev–Trinajstić information content (AvgIpc) is 2.96. The van der Waals surface area contributed by atoms with Crippen molar-refractivity contribution < 1.29 is 14.4 Å². The van der Waals surface area contributed by atoms with Crippen molar-refractivity contribution >= 4 is 23.5 Å². The summed E-state index contributed by atoms with van der Waals surface area (Å²) in [7, 11) is 0. The highest BCUT2D eigenvalue weighted by atomic mass is 16.2. The molecule has 1 saturated heterocycles. The van der Waals surface area contributed by atoms with E-state index in [2.05, 4.69) is 19.2 Å². The Hall–Kier alpha value is -3.66. The first-order valence-corrected chi connectivity index (χ1v) is 9.75. The van der Waals surface area contributed by atoms with Crippen LogP contribution in [0.4, 0.5) is 10.5 Å². The van der Waals surface area contributed by atoms with Gasteiger partial charge in [-0.25, -0.2) is 4.79 Å². The minimum Gasteiger partial charge on any atom is -0.319 e. The number of nitrogens with zero attached hydrogens (tertiary/aromatic N) is 3. The van der Waals surface area contributed by atoms with Gasteiger partial charge in [0, 0.05) is 5.69 Å². The minimum absolute atomic E-state index is 0.180. The summed E-state index contributed by atoms with van der Waals surface area (Å²) in [5, 5.41) is 11.8. The largest absolute Gasteiger partial charge is 0.325 e. The molecule has 1 atom stereocenters. The van der Waals surface area contributed by atoms with E-state index in [1.807, 2.05) is 30.3 Å². The number of nitriles is 1. The fraction of sp³-hybridized carbons (Fsp3) is 0.304. The van der Waals surface area contributed by atoms with Crippen molar-refractivity contribution in [1.82, 2.24) is 10.2 Å². The molecule has 3 rings (SSSR count). The highest BCUT2D eigenvalue weighted by Gasteiger charge is 2.49. The molecule has 1 aliphatic rings. The number of hydrogen-bond acceptors (Lipinski definition) is 4. The van der Waals surface area contributed by atoms with E-state index in [4.69, 9.17) is 5.26 Å². The highest BCUT2D eigenvalue weighted by Crippen LogP contribution is 2.30. The maximum absolute atomic E-state index is 13.1. The molecule has 2 aromatic rings. The lowest BCUT2D eigenvalue weighted by atomic mass is 9.90. The summed E-state index contributed by atoms with van der Waals surface area (Å²) in [4.78, 5) is 40.7. The number of amides is 4. The molecule has 1 heterocycles. The van der Waals surface area contributed by atoms with Crippen LogP contribution in [-0.4, -0.2) is 35.8 Å². The quantitative estimate of drug-likeness (QED) is 0.591. The van der Waals surface area contributed by atoms with E-state index in [9.17, 15) is 14.4 Å². The Bertz CT molecular complexity index is 995. The van der Waals surface area contributed by atoms with Gasteiger partial charge in [-0.05, 0) is 36.1 Å². The maximum atomic E-state index is 13.1. The van der Waals surface area contributed by atoms with E-state index in [0.29, 0.717) is 17.2 Å². The van der Waals surface area contributed by atoms with Crippen LogP contribution in [0, 0.1) is 11.3 Å². The summed E-state index contributed by atoms with van der Waals surface area (Å²) in [5.41, 5.74) is 1.06. The first-order valence-electron chi connectivity index (χ1n) is 9.75. The Labute approximate surface area is 175 Å². The summed E-state index contributed by atoms with van der Waals surface area (Å²) in [6.07, 6.45) is 0. The van der Waals surface area contributed by atoms with Gasteiger partial charge in [0.25, 0.3) is 5.91 Å². The molecule has 0 saturated carbocycles. The number of carbonyl (C=O) groups is 3. The average molecular weight is 404 g/mol. The van der Waals surface area contributed by atoms with E-state index in [1.54, 1.807) is 37.3 Å². The molecule has 1 unspecified atom stereocenters. The van der Waals surface area contributed by atoms with Crippen LogP contribution in [0.2, 0.25) is 0 Å². The summed E-state index contributed by atoms with van der Waals surface area (Å²) in [5.74, 6) is -0.660. The molecule has 154 valence electrons. The number of para-hydroxylation sites is 1. The number of nitrogens with one attached hydrogen (secondary N) is 1. The molecule has 1 N–H and O–H groups in total. The van der Waals surface area contributed by atoms with Crippen molar-refractivity contribution in [2.75, 3.05) is 18.0 Å². The molecule has 4 amide bonds. The van der Waals surface area contributed by atoms with Crippen LogP contribution in [-0.2, 0) is 15.1 Å². The lowest BCUT2D eigenvalue weighted by molar-refractivity contribution is -0.134. The van der Waals surface area contributed by atoms with Gasteiger partial charge in [-0.15, -0.1) is 0 Å². The third-order valence-electron chi connectivity index (χ3n) is 5.32. The van der Waals surface area contributed by atoms with Crippen LogP contribution >= 0.6 is 0 Å². The molecular weight excluding hydrogens is 380 g/mol. The Morgan fingerprint density at radius 2 is 1.77 bits per heavy atom. The second kappa shape index (κ2) is 8.37. The van der Waals surface area contributed by atoms with Crippen LogP contribution in [0.3, 0.4) is 0 Å². The number of benzene rings is 2. The molecule has 0 bridgehead atoms. The van der Waals surface area contributed by atoms with Gasteiger partial charge < -0.3 is 5.32 Å². The Morgan fingerprint density at radius 1 is 1.13 bits per heavy atom. The molecule has 1 aliphatic heterocycles. The van der Waals surface area contributed by atoms with Crippen molar-refractivity contribution in [2.45, 2.75) is 32.2 Å². The lowest BCUT2D eigenvalue weighted by Gasteiger charge is -2.24. The molecule has 0 aliphatic carbocycles. The molecule has 0 spiro atoms. The van der Waals surface area contributed by atoms with E-state index in [1.165, 1.54) is 4.90 Å². The summed E-state index contributed by atoms with van der Waals surface area (Å²) in [6.45, 7) is 5.16. The third-order valence-corrected chi connectivity index (χ3v) is 5.32. The highest BCUT2D eigenvalue weighted by molar-refractivity contribution is 6.10. The summed E-state index contributed by atoms with van der Waals surface area (Å²) >= 11 is 0. The second-order valence-electron chi connectivity index (χ2n) is 7.70. The van der Waals surface area contributed by atoms with Crippen LogP contribution in [0.15, 0.2) is 54.6 Å². The van der Waals surface area contributed by atoms with Crippen molar-refractivity contribution in [3.05, 3.63) is 65.7 Å². The zero-order chi connectivity index (χ0) is 21.9. The maximum Gasteiger partial charge on any atom is 0.325 e. The van der Waals surface area contributed by atoms with Crippen molar-refractivity contribution in [3.63, 3.8) is 0 Å². The van der Waals surface area contributed by atoms with Gasteiger partial charge in [-0.1, -0.05) is 56.3 Å². The molecular formula is C23H24N4O3. The minimum atomic E-state index is -1.25. The molecule has 30 heavy (non-hydrogen) atoms. The molecule has 0 radical (unpaired) electrons. The molecule has 7 nitrogen and oxygen atoms in total. The number of imide groups is 1. The smallest absolute Gasteiger partial charge is 0.319 e. The predicted molar refractivity (Wildman–Crippen MR) is 113 cm³/mol. The Kier molecular flexibility index (Phi) is 5.88. The van der Waals surface area contributed by atoms with E-state index in [-0.39, 0.29) is 6.54 Å². The van der Waals surface area contributed by atoms with Gasteiger partial charge in [0.2, 0.25) is 5.91 Å². The van der Waals surface area contributed by atoms with E-state index < -0.39 is 29.9 Å². The van der Waals surface area contributed by atoms with E-state index >= 15 is 0 Å². The fourth-order valence-corrected chi connectivity index (χ4v) is 3.46. The van der Waals surface area contributed by atoms with Gasteiger partial charge in [0.1, 0.15) is 18.6 Å². The van der Waals surface area contributed by atoms with Gasteiger partial charge in [-0.2, -0.15) is 5.26 Å². The first-order chi connectivity index (χ1) is 14.3. The Morgan fingerprint density at radius 3 is 2.33 bits per heavy atom. The van der Waals surface area contributed by atoms with Gasteiger partial charge in [0.15, 0.2) is 0 Å². The second-order valence-corrected chi connectivity index (χ2v) is 7.70. The number of hydrogen-bond donors (Lipinski definition) is 1. The Balaban J connectivity index is 1.82. The SMILES string of the molecule is CC(C)c1ccc(C2(C)NC(=O)N(CC(=O)N(CC#N)c3ccccc3)C2=O)cc1. The molecule has 2 aromatic carbocycles. The van der Waals surface area contributed by atoms with Gasteiger partial charge in [-0.3, -0.25) is 19.4 Å². The van der Waals surface area contributed by atoms with Crippen LogP contribution in [0.5, 0.6) is 0 Å². The first kappa shape index (κ1) is 21.1. The zero-order valence-corrected chi connectivity index (χ0v) is 17.3. The molecule has 1 fully saturated rings. The van der Waals surface area contributed by atoms with Crippen molar-refractivity contribution in [3.8, 4) is 6.07 Å². The van der Waals surface area contributed by atoms with Gasteiger partial charge >= 0.3 is 6.03 Å². The monoisotopic (exact) mass is 404 g/mol. The predicted octanol–water partition coefficient (Wildman–Crippen LogP) is 3.13. The van der Waals surface area contributed by atoms with E-state index in [0.717, 1.165) is 10.5 Å². The fourth-order valence-electron chi connectivity index (χ4n) is 3.46. The number of rotatable bonds is 6. The van der Waals surface area contributed by atoms with Crippen LogP contribution in [0.1, 0.15) is 37.8 Å². The van der Waals surface area contributed by atoms with Gasteiger partial charge in [0.05, 0.1) is 6.07 Å². The third kappa shape index (κ3) is 3.90. The lowest BCUT2D eigenvalue weighted by Crippen LogP contribution is -2.44. The summed E-state index contributed by atoms with van der Waals surface area (Å²) < 4.78 is 0. The molecule has 0 aromatic heterocycles.